The van der Waals surface area contributed by atoms with Crippen molar-refractivity contribution in [3.05, 3.63) is 95.0 Å². The number of benzene rings is 3. The molecule has 0 spiro atoms. The van der Waals surface area contributed by atoms with Crippen LogP contribution in [0.3, 0.4) is 0 Å². The molecular weight excluding hydrogens is 380 g/mol. The van der Waals surface area contributed by atoms with Crippen molar-refractivity contribution in [3.63, 3.8) is 0 Å². The molecule has 0 heterocycles. The van der Waals surface area contributed by atoms with Gasteiger partial charge >= 0.3 is 0 Å². The van der Waals surface area contributed by atoms with E-state index >= 15 is 0 Å². The third-order valence-electron chi connectivity index (χ3n) is 3.70. The first-order chi connectivity index (χ1) is 12.4. The lowest BCUT2D eigenvalue weighted by Crippen LogP contribution is -2.30. The van der Waals surface area contributed by atoms with Crippen LogP contribution in [0.1, 0.15) is 5.56 Å². The Hall–Kier alpha value is -2.44. The van der Waals surface area contributed by atoms with Gasteiger partial charge in [-0.05, 0) is 54.1 Å². The van der Waals surface area contributed by atoms with Crippen molar-refractivity contribution in [2.75, 3.05) is 4.31 Å². The highest BCUT2D eigenvalue weighted by molar-refractivity contribution is 7.92. The zero-order chi connectivity index (χ0) is 18.7. The lowest BCUT2D eigenvalue weighted by molar-refractivity contribution is 0.585. The molecule has 0 fully saturated rings. The summed E-state index contributed by atoms with van der Waals surface area (Å²) in [5.41, 5.74) is 0.746. The highest BCUT2D eigenvalue weighted by atomic mass is 35.5. The molecule has 0 atom stereocenters. The van der Waals surface area contributed by atoms with E-state index in [4.69, 9.17) is 11.6 Å². The lowest BCUT2D eigenvalue weighted by atomic mass is 10.2. The minimum Gasteiger partial charge on any atom is -0.262 e. The first-order valence-electron chi connectivity index (χ1n) is 7.64. The maximum atomic E-state index is 13.6. The molecule has 0 saturated carbocycles. The van der Waals surface area contributed by atoms with Gasteiger partial charge in [0.1, 0.15) is 11.6 Å². The smallest absolute Gasteiger partial charge is 0.262 e. The van der Waals surface area contributed by atoms with E-state index in [1.54, 1.807) is 24.3 Å². The van der Waals surface area contributed by atoms with Crippen molar-refractivity contribution in [3.8, 4) is 0 Å². The number of anilines is 1. The molecule has 3 rings (SSSR count). The topological polar surface area (TPSA) is 37.4 Å². The van der Waals surface area contributed by atoms with Gasteiger partial charge in [0.2, 0.25) is 0 Å². The third kappa shape index (κ3) is 4.03. The maximum Gasteiger partial charge on any atom is 0.264 e. The average molecular weight is 394 g/mol. The van der Waals surface area contributed by atoms with Crippen molar-refractivity contribution >= 4 is 27.3 Å². The second-order valence-electron chi connectivity index (χ2n) is 5.58. The molecule has 3 nitrogen and oxygen atoms in total. The Labute approximate surface area is 155 Å². The summed E-state index contributed by atoms with van der Waals surface area (Å²) in [6.07, 6.45) is 0. The van der Waals surface area contributed by atoms with Crippen LogP contribution in [-0.4, -0.2) is 8.42 Å². The molecule has 3 aromatic rings. The van der Waals surface area contributed by atoms with E-state index in [-0.39, 0.29) is 11.4 Å². The van der Waals surface area contributed by atoms with E-state index in [0.29, 0.717) is 16.3 Å². The summed E-state index contributed by atoms with van der Waals surface area (Å²) in [4.78, 5) is -0.200. The molecule has 0 aliphatic heterocycles. The molecule has 0 aromatic heterocycles. The van der Waals surface area contributed by atoms with E-state index in [9.17, 15) is 17.2 Å². The van der Waals surface area contributed by atoms with Crippen LogP contribution in [0.15, 0.2) is 77.7 Å². The standard InChI is InChI=1S/C19H14ClF2NO2S/c20-15-5-2-8-18(11-15)23(13-14-4-1-6-16(21)10-14)26(24,25)19-9-3-7-17(22)12-19/h1-12H,13H2. The van der Waals surface area contributed by atoms with Gasteiger partial charge in [-0.25, -0.2) is 17.2 Å². The number of rotatable bonds is 5. The van der Waals surface area contributed by atoms with Crippen molar-refractivity contribution < 1.29 is 17.2 Å². The van der Waals surface area contributed by atoms with Gasteiger partial charge in [0.15, 0.2) is 0 Å². The molecule has 0 saturated heterocycles. The van der Waals surface area contributed by atoms with Crippen LogP contribution < -0.4 is 4.31 Å². The van der Waals surface area contributed by atoms with Gasteiger partial charge in [-0.2, -0.15) is 0 Å². The number of hydrogen-bond donors (Lipinski definition) is 0. The molecule has 0 N–H and O–H groups in total. The average Bonchev–Trinajstić information content (AvgIpc) is 2.59. The first-order valence-corrected chi connectivity index (χ1v) is 9.46. The van der Waals surface area contributed by atoms with Crippen molar-refractivity contribution in [2.24, 2.45) is 0 Å². The van der Waals surface area contributed by atoms with E-state index in [0.717, 1.165) is 16.4 Å². The molecule has 3 aromatic carbocycles. The number of hydrogen-bond acceptors (Lipinski definition) is 2. The molecular formula is C19H14ClF2NO2S. The Morgan fingerprint density at radius 1 is 0.846 bits per heavy atom. The highest BCUT2D eigenvalue weighted by Crippen LogP contribution is 2.28. The third-order valence-corrected chi connectivity index (χ3v) is 5.70. The van der Waals surface area contributed by atoms with Crippen LogP contribution in [0.5, 0.6) is 0 Å². The van der Waals surface area contributed by atoms with Gasteiger partial charge in [-0.15, -0.1) is 0 Å². The SMILES string of the molecule is O=S(=O)(c1cccc(F)c1)N(Cc1cccc(F)c1)c1cccc(Cl)c1. The largest absolute Gasteiger partial charge is 0.264 e. The summed E-state index contributed by atoms with van der Waals surface area (Å²) in [7, 11) is -4.09. The lowest BCUT2D eigenvalue weighted by Gasteiger charge is -2.25. The molecule has 0 unspecified atom stereocenters. The summed E-state index contributed by atoms with van der Waals surface area (Å²) in [6, 6.07) is 16.6. The first kappa shape index (κ1) is 18.4. The van der Waals surface area contributed by atoms with Crippen molar-refractivity contribution in [1.82, 2.24) is 0 Å². The molecule has 26 heavy (non-hydrogen) atoms. The fourth-order valence-electron chi connectivity index (χ4n) is 2.50. The van der Waals surface area contributed by atoms with Crippen LogP contribution in [0.25, 0.3) is 0 Å². The van der Waals surface area contributed by atoms with E-state index in [1.165, 1.54) is 36.4 Å². The highest BCUT2D eigenvalue weighted by Gasteiger charge is 2.26. The molecule has 0 amide bonds. The maximum absolute atomic E-state index is 13.6. The van der Waals surface area contributed by atoms with Crippen molar-refractivity contribution in [1.29, 1.82) is 0 Å². The second-order valence-corrected chi connectivity index (χ2v) is 7.88. The Kier molecular flexibility index (Phi) is 5.25. The molecule has 0 aliphatic rings. The van der Waals surface area contributed by atoms with E-state index < -0.39 is 21.7 Å². The predicted octanol–water partition coefficient (Wildman–Crippen LogP) is 5.01. The molecule has 7 heteroatoms. The van der Waals surface area contributed by atoms with Crippen LogP contribution in [0.2, 0.25) is 5.02 Å². The quantitative estimate of drug-likeness (QED) is 0.610. The van der Waals surface area contributed by atoms with Gasteiger partial charge in [0.05, 0.1) is 17.1 Å². The zero-order valence-electron chi connectivity index (χ0n) is 13.4. The van der Waals surface area contributed by atoms with Gasteiger partial charge in [0, 0.05) is 5.02 Å². The number of halogens is 3. The molecule has 0 radical (unpaired) electrons. The van der Waals surface area contributed by atoms with Gasteiger partial charge in [0.25, 0.3) is 10.0 Å². The normalized spacial score (nSPS) is 11.3. The van der Waals surface area contributed by atoms with E-state index in [2.05, 4.69) is 0 Å². The zero-order valence-corrected chi connectivity index (χ0v) is 15.0. The number of nitrogens with zero attached hydrogens (tertiary/aromatic N) is 1. The summed E-state index contributed by atoms with van der Waals surface area (Å²) in [6.45, 7) is -0.128. The Bertz CT molecular complexity index is 1040. The minimum absolute atomic E-state index is 0.128. The van der Waals surface area contributed by atoms with Crippen LogP contribution in [0.4, 0.5) is 14.5 Å². The van der Waals surface area contributed by atoms with Gasteiger partial charge < -0.3 is 0 Å². The number of sulfonamides is 1. The summed E-state index contributed by atoms with van der Waals surface area (Å²) in [5, 5.41) is 0.348. The summed E-state index contributed by atoms with van der Waals surface area (Å²) >= 11 is 6.00. The molecule has 0 aliphatic carbocycles. The van der Waals surface area contributed by atoms with Crippen LogP contribution in [0, 0.1) is 11.6 Å². The Balaban J connectivity index is 2.11. The van der Waals surface area contributed by atoms with Crippen molar-refractivity contribution in [2.45, 2.75) is 11.4 Å². The fourth-order valence-corrected chi connectivity index (χ4v) is 4.16. The Morgan fingerprint density at radius 2 is 1.50 bits per heavy atom. The van der Waals surface area contributed by atoms with Crippen LogP contribution >= 0.6 is 11.6 Å². The summed E-state index contributed by atoms with van der Waals surface area (Å²) in [5.74, 6) is -1.14. The van der Waals surface area contributed by atoms with Crippen LogP contribution in [-0.2, 0) is 16.6 Å². The second kappa shape index (κ2) is 7.43. The molecule has 0 bridgehead atoms. The minimum atomic E-state index is -4.09. The predicted molar refractivity (Wildman–Crippen MR) is 97.6 cm³/mol. The summed E-state index contributed by atoms with van der Waals surface area (Å²) < 4.78 is 54.4. The fraction of sp³-hybridized carbons (Fsp3) is 0.0526. The Morgan fingerprint density at radius 3 is 2.15 bits per heavy atom. The van der Waals surface area contributed by atoms with E-state index in [1.807, 2.05) is 0 Å². The van der Waals surface area contributed by atoms with Gasteiger partial charge in [-0.1, -0.05) is 35.9 Å². The molecule has 134 valence electrons. The monoisotopic (exact) mass is 393 g/mol. The van der Waals surface area contributed by atoms with Gasteiger partial charge in [-0.3, -0.25) is 4.31 Å².